The molecule has 7 heteroatoms. The molecule has 0 fully saturated rings. The fourth-order valence-electron chi connectivity index (χ4n) is 1.81. The van der Waals surface area contributed by atoms with Crippen LogP contribution in [-0.4, -0.2) is 9.78 Å². The third-order valence-electron chi connectivity index (χ3n) is 2.89. The van der Waals surface area contributed by atoms with E-state index in [2.05, 4.69) is 10.4 Å². The number of halogens is 3. The van der Waals surface area contributed by atoms with Gasteiger partial charge < -0.3 is 5.32 Å². The van der Waals surface area contributed by atoms with E-state index in [0.717, 1.165) is 18.6 Å². The van der Waals surface area contributed by atoms with Gasteiger partial charge in [0.05, 0.1) is 11.9 Å². The maximum Gasteiger partial charge on any atom is 0.287 e. The molecule has 0 aliphatic heterocycles. The Morgan fingerprint density at radius 2 is 2.10 bits per heavy atom. The van der Waals surface area contributed by atoms with Gasteiger partial charge in [-0.25, -0.2) is 13.5 Å². The highest BCUT2D eigenvalue weighted by Gasteiger charge is 2.09. The summed E-state index contributed by atoms with van der Waals surface area (Å²) < 4.78 is 27.2. The molecule has 0 aliphatic rings. The second-order valence-electron chi connectivity index (χ2n) is 4.50. The summed E-state index contributed by atoms with van der Waals surface area (Å²) >= 11 is 5.99. The third-order valence-corrected chi connectivity index (χ3v) is 3.25. The van der Waals surface area contributed by atoms with Crippen LogP contribution in [0.1, 0.15) is 18.9 Å². The van der Waals surface area contributed by atoms with E-state index in [1.807, 2.05) is 6.92 Å². The SMILES string of the molecule is CCCn1ncc(NCc2ccc(F)c(F)c2)c(Cl)c1=O. The minimum absolute atomic E-state index is 0.0287. The monoisotopic (exact) mass is 313 g/mol. The topological polar surface area (TPSA) is 46.9 Å². The Kier molecular flexibility index (Phi) is 4.90. The standard InChI is InChI=1S/C14H14ClF2N3O/c1-2-5-20-14(21)13(15)12(8-19-20)18-7-9-3-4-10(16)11(17)6-9/h3-4,6,8,18H,2,5,7H2,1H3. The average molecular weight is 314 g/mol. The van der Waals surface area contributed by atoms with E-state index in [1.54, 1.807) is 0 Å². The Labute approximate surface area is 125 Å². The van der Waals surface area contributed by atoms with Crippen molar-refractivity contribution in [2.24, 2.45) is 0 Å². The summed E-state index contributed by atoms with van der Waals surface area (Å²) in [5.74, 6) is -1.82. The predicted octanol–water partition coefficient (Wildman–Crippen LogP) is 3.20. The van der Waals surface area contributed by atoms with Crippen LogP contribution in [0.15, 0.2) is 29.2 Å². The third kappa shape index (κ3) is 3.58. The highest BCUT2D eigenvalue weighted by Crippen LogP contribution is 2.17. The van der Waals surface area contributed by atoms with E-state index in [9.17, 15) is 13.6 Å². The molecule has 0 bridgehead atoms. The number of aryl methyl sites for hydroxylation is 1. The predicted molar refractivity (Wildman–Crippen MR) is 77.5 cm³/mol. The fourth-order valence-corrected chi connectivity index (χ4v) is 2.02. The molecule has 1 heterocycles. The summed E-state index contributed by atoms with van der Waals surface area (Å²) in [6.45, 7) is 2.62. The Morgan fingerprint density at radius 3 is 2.76 bits per heavy atom. The molecule has 2 rings (SSSR count). The molecule has 0 saturated heterocycles. The lowest BCUT2D eigenvalue weighted by atomic mass is 10.2. The number of nitrogens with one attached hydrogen (secondary N) is 1. The summed E-state index contributed by atoms with van der Waals surface area (Å²) in [7, 11) is 0. The molecular formula is C14H14ClF2N3O. The van der Waals surface area contributed by atoms with E-state index in [-0.39, 0.29) is 17.1 Å². The molecule has 2 aromatic rings. The first-order chi connectivity index (χ1) is 10.0. The Morgan fingerprint density at radius 1 is 1.33 bits per heavy atom. The van der Waals surface area contributed by atoms with Gasteiger partial charge in [0.15, 0.2) is 11.6 Å². The molecule has 1 N–H and O–H groups in total. The number of benzene rings is 1. The molecular weight excluding hydrogens is 300 g/mol. The van der Waals surface area contributed by atoms with Crippen LogP contribution >= 0.6 is 11.6 Å². The first-order valence-electron chi connectivity index (χ1n) is 6.46. The van der Waals surface area contributed by atoms with Crippen LogP contribution in [0, 0.1) is 11.6 Å². The molecule has 0 radical (unpaired) electrons. The van der Waals surface area contributed by atoms with Gasteiger partial charge in [-0.1, -0.05) is 24.6 Å². The number of anilines is 1. The summed E-state index contributed by atoms with van der Waals surface area (Å²) in [6, 6.07) is 3.58. The van der Waals surface area contributed by atoms with Crippen molar-refractivity contribution in [2.75, 3.05) is 5.32 Å². The molecule has 4 nitrogen and oxygen atoms in total. The first-order valence-corrected chi connectivity index (χ1v) is 6.84. The van der Waals surface area contributed by atoms with Crippen LogP contribution < -0.4 is 10.9 Å². The van der Waals surface area contributed by atoms with Gasteiger partial charge in [0.2, 0.25) is 0 Å². The van der Waals surface area contributed by atoms with Crippen molar-refractivity contribution in [1.29, 1.82) is 0 Å². The van der Waals surface area contributed by atoms with Gasteiger partial charge in [0.1, 0.15) is 5.02 Å². The van der Waals surface area contributed by atoms with Gasteiger partial charge >= 0.3 is 0 Å². The maximum absolute atomic E-state index is 13.1. The quantitative estimate of drug-likeness (QED) is 0.922. The number of aromatic nitrogens is 2. The van der Waals surface area contributed by atoms with Crippen LogP contribution in [0.5, 0.6) is 0 Å². The molecule has 0 amide bonds. The van der Waals surface area contributed by atoms with Crippen LogP contribution in [0.2, 0.25) is 5.02 Å². The lowest BCUT2D eigenvalue weighted by molar-refractivity contribution is 0.507. The fraction of sp³-hybridized carbons (Fsp3) is 0.286. The Hall–Kier alpha value is -1.95. The van der Waals surface area contributed by atoms with E-state index in [0.29, 0.717) is 17.8 Å². The summed E-state index contributed by atoms with van der Waals surface area (Å²) in [5.41, 5.74) is 0.509. The lowest BCUT2D eigenvalue weighted by Gasteiger charge is -2.10. The van der Waals surface area contributed by atoms with Crippen molar-refractivity contribution in [3.63, 3.8) is 0 Å². The molecule has 0 unspecified atom stereocenters. The van der Waals surface area contributed by atoms with Gasteiger partial charge in [-0.15, -0.1) is 0 Å². The number of hydrogen-bond acceptors (Lipinski definition) is 3. The number of rotatable bonds is 5. The maximum atomic E-state index is 13.1. The molecule has 21 heavy (non-hydrogen) atoms. The Balaban J connectivity index is 2.15. The van der Waals surface area contributed by atoms with Gasteiger partial charge in [0.25, 0.3) is 5.56 Å². The molecule has 1 aromatic heterocycles. The van der Waals surface area contributed by atoms with Gasteiger partial charge in [-0.05, 0) is 24.1 Å². The zero-order valence-electron chi connectivity index (χ0n) is 11.4. The minimum atomic E-state index is -0.920. The second kappa shape index (κ2) is 6.67. The van der Waals surface area contributed by atoms with Gasteiger partial charge in [-0.3, -0.25) is 4.79 Å². The summed E-state index contributed by atoms with van der Waals surface area (Å²) in [5, 5.41) is 6.91. The molecule has 0 atom stereocenters. The van der Waals surface area contributed by atoms with Crippen LogP contribution in [0.3, 0.4) is 0 Å². The largest absolute Gasteiger partial charge is 0.378 e. The van der Waals surface area contributed by atoms with Crippen molar-refractivity contribution in [1.82, 2.24) is 9.78 Å². The van der Waals surface area contributed by atoms with Gasteiger partial charge in [0, 0.05) is 13.1 Å². The van der Waals surface area contributed by atoms with Crippen molar-refractivity contribution in [2.45, 2.75) is 26.4 Å². The summed E-state index contributed by atoms with van der Waals surface area (Å²) in [6.07, 6.45) is 2.21. The first kappa shape index (κ1) is 15.4. The van der Waals surface area contributed by atoms with Crippen molar-refractivity contribution >= 4 is 17.3 Å². The van der Waals surface area contributed by atoms with Crippen molar-refractivity contribution < 1.29 is 8.78 Å². The zero-order chi connectivity index (χ0) is 15.4. The molecule has 0 spiro atoms. The van der Waals surface area contributed by atoms with Crippen molar-refractivity contribution in [3.8, 4) is 0 Å². The molecule has 112 valence electrons. The zero-order valence-corrected chi connectivity index (χ0v) is 12.1. The van der Waals surface area contributed by atoms with Crippen LogP contribution in [0.4, 0.5) is 14.5 Å². The lowest BCUT2D eigenvalue weighted by Crippen LogP contribution is -2.24. The summed E-state index contributed by atoms with van der Waals surface area (Å²) in [4.78, 5) is 11.9. The minimum Gasteiger partial charge on any atom is -0.378 e. The highest BCUT2D eigenvalue weighted by atomic mass is 35.5. The van der Waals surface area contributed by atoms with E-state index in [4.69, 9.17) is 11.6 Å². The van der Waals surface area contributed by atoms with Crippen LogP contribution in [0.25, 0.3) is 0 Å². The highest BCUT2D eigenvalue weighted by molar-refractivity contribution is 6.32. The smallest absolute Gasteiger partial charge is 0.287 e. The molecule has 1 aromatic carbocycles. The Bertz CT molecular complexity index is 703. The number of nitrogens with zero attached hydrogens (tertiary/aromatic N) is 2. The average Bonchev–Trinajstić information content (AvgIpc) is 2.47. The van der Waals surface area contributed by atoms with E-state index >= 15 is 0 Å². The van der Waals surface area contributed by atoms with E-state index in [1.165, 1.54) is 16.9 Å². The molecule has 0 aliphatic carbocycles. The van der Waals surface area contributed by atoms with Gasteiger partial charge in [-0.2, -0.15) is 5.10 Å². The van der Waals surface area contributed by atoms with E-state index < -0.39 is 11.6 Å². The number of hydrogen-bond donors (Lipinski definition) is 1. The normalized spacial score (nSPS) is 10.7. The van der Waals surface area contributed by atoms with Crippen LogP contribution in [-0.2, 0) is 13.1 Å². The molecule has 0 saturated carbocycles. The van der Waals surface area contributed by atoms with Crippen molar-refractivity contribution in [3.05, 3.63) is 57.0 Å². The second-order valence-corrected chi connectivity index (χ2v) is 4.88.